The molecular weight excluding hydrogens is 384 g/mol. The van der Waals surface area contributed by atoms with E-state index in [0.29, 0.717) is 33.9 Å². The summed E-state index contributed by atoms with van der Waals surface area (Å²) in [5, 5.41) is 13.9. The molecule has 0 atom stereocenters. The fraction of sp³-hybridized carbons (Fsp3) is 0.0870. The highest BCUT2D eigenvalue weighted by atomic mass is 16.6. The number of hydrogen-bond acceptors (Lipinski definition) is 5. The molecule has 3 rings (SSSR count). The second-order valence-electron chi connectivity index (χ2n) is 6.30. The number of carbonyl (C=O) groups excluding carboxylic acids is 1. The van der Waals surface area contributed by atoms with Crippen molar-refractivity contribution in [2.45, 2.75) is 0 Å². The first-order chi connectivity index (χ1) is 14.5. The number of nitrogens with zero attached hydrogens (tertiary/aromatic N) is 1. The van der Waals surface area contributed by atoms with Crippen molar-refractivity contribution in [3.05, 3.63) is 94.0 Å². The van der Waals surface area contributed by atoms with Gasteiger partial charge < -0.3 is 14.8 Å². The van der Waals surface area contributed by atoms with Crippen molar-refractivity contribution < 1.29 is 19.2 Å². The Morgan fingerprint density at radius 2 is 1.73 bits per heavy atom. The molecule has 30 heavy (non-hydrogen) atoms. The summed E-state index contributed by atoms with van der Waals surface area (Å²) in [5.41, 5.74) is 1.95. The Labute approximate surface area is 173 Å². The standard InChI is InChI=1S/C23H20N2O5/c1-29-19-11-12-22(30-2)21(15-19)24-23(26)20(17-8-4-3-5-9-17)14-16-7-6-10-18(13-16)25(27)28/h3-15H,1-2H3,(H,24,26)/b20-14+. The molecule has 0 fully saturated rings. The molecule has 0 unspecified atom stereocenters. The predicted octanol–water partition coefficient (Wildman–Crippen LogP) is 4.79. The van der Waals surface area contributed by atoms with Crippen LogP contribution in [0.25, 0.3) is 11.6 Å². The molecule has 152 valence electrons. The number of methoxy groups -OCH3 is 2. The molecule has 0 aliphatic carbocycles. The van der Waals surface area contributed by atoms with Gasteiger partial charge in [0.2, 0.25) is 0 Å². The molecule has 0 aliphatic heterocycles. The van der Waals surface area contributed by atoms with Gasteiger partial charge in [-0.2, -0.15) is 0 Å². The number of benzene rings is 3. The first-order valence-corrected chi connectivity index (χ1v) is 9.07. The smallest absolute Gasteiger partial charge is 0.270 e. The van der Waals surface area contributed by atoms with Crippen molar-refractivity contribution in [2.75, 3.05) is 19.5 Å². The Morgan fingerprint density at radius 3 is 2.40 bits per heavy atom. The maximum absolute atomic E-state index is 13.2. The fourth-order valence-electron chi connectivity index (χ4n) is 2.89. The number of rotatable bonds is 7. The maximum atomic E-state index is 13.2. The lowest BCUT2D eigenvalue weighted by Crippen LogP contribution is -2.14. The van der Waals surface area contributed by atoms with E-state index >= 15 is 0 Å². The van der Waals surface area contributed by atoms with Crippen LogP contribution in [0.4, 0.5) is 11.4 Å². The lowest BCUT2D eigenvalue weighted by molar-refractivity contribution is -0.384. The number of carbonyl (C=O) groups is 1. The van der Waals surface area contributed by atoms with Crippen LogP contribution in [0.15, 0.2) is 72.8 Å². The maximum Gasteiger partial charge on any atom is 0.270 e. The van der Waals surface area contributed by atoms with Crippen molar-refractivity contribution in [3.8, 4) is 11.5 Å². The second kappa shape index (κ2) is 9.38. The molecule has 3 aromatic rings. The van der Waals surface area contributed by atoms with Crippen LogP contribution in [-0.2, 0) is 4.79 Å². The molecule has 1 amide bonds. The topological polar surface area (TPSA) is 90.7 Å². The number of amides is 1. The van der Waals surface area contributed by atoms with Gasteiger partial charge in [-0.05, 0) is 29.3 Å². The Kier molecular flexibility index (Phi) is 6.44. The number of nitro benzene ring substituents is 1. The van der Waals surface area contributed by atoms with Gasteiger partial charge in [0.15, 0.2) is 0 Å². The lowest BCUT2D eigenvalue weighted by atomic mass is 10.0. The van der Waals surface area contributed by atoms with Gasteiger partial charge in [0.05, 0.1) is 24.8 Å². The third kappa shape index (κ3) is 4.82. The molecular formula is C23H20N2O5. The van der Waals surface area contributed by atoms with E-state index in [1.54, 1.807) is 48.5 Å². The third-order valence-corrected chi connectivity index (χ3v) is 4.38. The van der Waals surface area contributed by atoms with Gasteiger partial charge in [0, 0.05) is 23.8 Å². The van der Waals surface area contributed by atoms with Gasteiger partial charge in [-0.3, -0.25) is 14.9 Å². The average molecular weight is 404 g/mol. The van der Waals surface area contributed by atoms with Crippen LogP contribution in [-0.4, -0.2) is 25.1 Å². The minimum atomic E-state index is -0.472. The Bertz CT molecular complexity index is 1090. The Morgan fingerprint density at radius 1 is 0.967 bits per heavy atom. The first kappa shape index (κ1) is 20.6. The van der Waals surface area contributed by atoms with Crippen LogP contribution < -0.4 is 14.8 Å². The van der Waals surface area contributed by atoms with Crippen molar-refractivity contribution in [2.24, 2.45) is 0 Å². The second-order valence-corrected chi connectivity index (χ2v) is 6.30. The van der Waals surface area contributed by atoms with Crippen molar-refractivity contribution in [1.29, 1.82) is 0 Å². The summed E-state index contributed by atoms with van der Waals surface area (Å²) >= 11 is 0. The Hall–Kier alpha value is -4.13. The zero-order valence-corrected chi connectivity index (χ0v) is 16.5. The molecule has 3 aromatic carbocycles. The van der Waals surface area contributed by atoms with Gasteiger partial charge in [-0.15, -0.1) is 0 Å². The van der Waals surface area contributed by atoms with E-state index in [9.17, 15) is 14.9 Å². The van der Waals surface area contributed by atoms with E-state index in [1.807, 2.05) is 18.2 Å². The summed E-state index contributed by atoms with van der Waals surface area (Å²) < 4.78 is 10.6. The SMILES string of the molecule is COc1ccc(OC)c(NC(=O)/C(=C/c2cccc([N+](=O)[O-])c2)c2ccccc2)c1. The largest absolute Gasteiger partial charge is 0.497 e. The summed E-state index contributed by atoms with van der Waals surface area (Å²) in [6, 6.07) is 20.3. The summed E-state index contributed by atoms with van der Waals surface area (Å²) in [6.45, 7) is 0. The zero-order valence-electron chi connectivity index (χ0n) is 16.5. The first-order valence-electron chi connectivity index (χ1n) is 9.07. The zero-order chi connectivity index (χ0) is 21.5. The molecule has 1 N–H and O–H groups in total. The summed E-state index contributed by atoms with van der Waals surface area (Å²) in [7, 11) is 3.04. The molecule has 0 aromatic heterocycles. The molecule has 0 saturated heterocycles. The van der Waals surface area contributed by atoms with E-state index in [4.69, 9.17) is 9.47 Å². The molecule has 0 saturated carbocycles. The quantitative estimate of drug-likeness (QED) is 0.265. The number of nitrogens with one attached hydrogen (secondary N) is 1. The van der Waals surface area contributed by atoms with Crippen molar-refractivity contribution in [1.82, 2.24) is 0 Å². The monoisotopic (exact) mass is 404 g/mol. The normalized spacial score (nSPS) is 10.9. The average Bonchev–Trinajstić information content (AvgIpc) is 2.78. The number of nitro groups is 1. The number of ether oxygens (including phenoxy) is 2. The van der Waals surface area contributed by atoms with Crippen LogP contribution >= 0.6 is 0 Å². The van der Waals surface area contributed by atoms with Crippen LogP contribution in [0.1, 0.15) is 11.1 Å². The van der Waals surface area contributed by atoms with Crippen LogP contribution in [0.5, 0.6) is 11.5 Å². The van der Waals surface area contributed by atoms with Gasteiger partial charge >= 0.3 is 0 Å². The van der Waals surface area contributed by atoms with Gasteiger partial charge in [0.25, 0.3) is 11.6 Å². The lowest BCUT2D eigenvalue weighted by Gasteiger charge is -2.14. The van der Waals surface area contributed by atoms with Crippen molar-refractivity contribution >= 4 is 28.9 Å². The van der Waals surface area contributed by atoms with E-state index in [2.05, 4.69) is 5.32 Å². The van der Waals surface area contributed by atoms with Gasteiger partial charge in [-0.25, -0.2) is 0 Å². The minimum absolute atomic E-state index is 0.0500. The number of non-ortho nitro benzene ring substituents is 1. The highest BCUT2D eigenvalue weighted by Crippen LogP contribution is 2.30. The predicted molar refractivity (Wildman–Crippen MR) is 116 cm³/mol. The van der Waals surface area contributed by atoms with Gasteiger partial charge in [-0.1, -0.05) is 42.5 Å². The minimum Gasteiger partial charge on any atom is -0.497 e. The highest BCUT2D eigenvalue weighted by molar-refractivity contribution is 6.29. The molecule has 0 aliphatic rings. The molecule has 7 heteroatoms. The van der Waals surface area contributed by atoms with Crippen LogP contribution in [0.3, 0.4) is 0 Å². The molecule has 0 spiro atoms. The van der Waals surface area contributed by atoms with Crippen LogP contribution in [0, 0.1) is 10.1 Å². The molecule has 0 radical (unpaired) electrons. The molecule has 0 bridgehead atoms. The molecule has 0 heterocycles. The van der Waals surface area contributed by atoms with E-state index in [1.165, 1.54) is 26.4 Å². The van der Waals surface area contributed by atoms with E-state index < -0.39 is 4.92 Å². The fourth-order valence-corrected chi connectivity index (χ4v) is 2.89. The Balaban J connectivity index is 2.03. The van der Waals surface area contributed by atoms with E-state index in [-0.39, 0.29) is 11.6 Å². The summed E-state index contributed by atoms with van der Waals surface area (Å²) in [6.07, 6.45) is 1.62. The highest BCUT2D eigenvalue weighted by Gasteiger charge is 2.16. The van der Waals surface area contributed by atoms with E-state index in [0.717, 1.165) is 0 Å². The summed E-state index contributed by atoms with van der Waals surface area (Å²) in [5.74, 6) is 0.654. The number of hydrogen-bond donors (Lipinski definition) is 1. The van der Waals surface area contributed by atoms with Crippen molar-refractivity contribution in [3.63, 3.8) is 0 Å². The van der Waals surface area contributed by atoms with Gasteiger partial charge in [0.1, 0.15) is 11.5 Å². The third-order valence-electron chi connectivity index (χ3n) is 4.38. The molecule has 7 nitrogen and oxygen atoms in total. The summed E-state index contributed by atoms with van der Waals surface area (Å²) in [4.78, 5) is 23.8. The van der Waals surface area contributed by atoms with Crippen LogP contribution in [0.2, 0.25) is 0 Å². The number of anilines is 1.